The lowest BCUT2D eigenvalue weighted by atomic mass is 9.96. The monoisotopic (exact) mass is 349 g/mol. The smallest absolute Gasteiger partial charge is 0.191 e. The summed E-state index contributed by atoms with van der Waals surface area (Å²) in [6, 6.07) is 19.3. The fourth-order valence-corrected chi connectivity index (χ4v) is 3.74. The molecule has 4 heteroatoms. The second kappa shape index (κ2) is 7.40. The Kier molecular flexibility index (Phi) is 4.83. The average Bonchev–Trinajstić information content (AvgIpc) is 3.45. The third-order valence-corrected chi connectivity index (χ3v) is 5.50. The number of para-hydroxylation sites is 1. The Hall–Kier alpha value is -2.49. The summed E-state index contributed by atoms with van der Waals surface area (Å²) in [5.41, 5.74) is 3.02. The summed E-state index contributed by atoms with van der Waals surface area (Å²) in [4.78, 5) is 4.45. The van der Waals surface area contributed by atoms with Gasteiger partial charge in [-0.1, -0.05) is 48.5 Å². The van der Waals surface area contributed by atoms with E-state index < -0.39 is 0 Å². The van der Waals surface area contributed by atoms with Gasteiger partial charge in [0.05, 0.1) is 12.6 Å². The molecular formula is C22H27N3O. The number of hydrogen-bond donors (Lipinski definition) is 2. The Morgan fingerprint density at radius 3 is 2.65 bits per heavy atom. The molecule has 1 fully saturated rings. The molecule has 4 rings (SSSR count). The normalized spacial score (nSPS) is 20.7. The van der Waals surface area contributed by atoms with Gasteiger partial charge in [-0.15, -0.1) is 0 Å². The van der Waals surface area contributed by atoms with Crippen molar-refractivity contribution >= 4 is 5.96 Å². The Balaban J connectivity index is 1.36. The van der Waals surface area contributed by atoms with E-state index >= 15 is 0 Å². The van der Waals surface area contributed by atoms with Crippen LogP contribution in [-0.4, -0.2) is 26.2 Å². The maximum absolute atomic E-state index is 5.76. The van der Waals surface area contributed by atoms with Crippen LogP contribution in [-0.2, 0) is 6.42 Å². The highest BCUT2D eigenvalue weighted by Gasteiger charge is 2.42. The van der Waals surface area contributed by atoms with Gasteiger partial charge in [-0.3, -0.25) is 4.99 Å². The second-order valence-electron chi connectivity index (χ2n) is 7.46. The van der Waals surface area contributed by atoms with Gasteiger partial charge in [0.1, 0.15) is 5.75 Å². The second-order valence-corrected chi connectivity index (χ2v) is 7.46. The molecule has 0 spiro atoms. The van der Waals surface area contributed by atoms with E-state index in [2.05, 4.69) is 58.1 Å². The molecule has 0 amide bonds. The zero-order chi connectivity index (χ0) is 17.8. The molecule has 136 valence electrons. The first-order chi connectivity index (χ1) is 12.8. The van der Waals surface area contributed by atoms with Crippen molar-refractivity contribution in [2.75, 3.05) is 20.2 Å². The average molecular weight is 349 g/mol. The number of hydrogen-bond acceptors (Lipinski definition) is 2. The van der Waals surface area contributed by atoms with Crippen LogP contribution in [0.2, 0.25) is 0 Å². The van der Waals surface area contributed by atoms with Crippen LogP contribution in [0.4, 0.5) is 0 Å². The van der Waals surface area contributed by atoms with E-state index in [4.69, 9.17) is 4.74 Å². The maximum atomic E-state index is 5.76. The van der Waals surface area contributed by atoms with Crippen LogP contribution in [0, 0.1) is 5.41 Å². The fraction of sp³-hybridized carbons (Fsp3) is 0.409. The van der Waals surface area contributed by atoms with Crippen molar-refractivity contribution < 1.29 is 4.74 Å². The van der Waals surface area contributed by atoms with E-state index in [9.17, 15) is 0 Å². The number of guanidine groups is 1. The molecule has 1 atom stereocenters. The standard InChI is InChI=1S/C22H27N3O/c1-23-21(25-19-11-14-26-20-10-6-5-9-18(19)20)24-16-22(12-13-22)15-17-7-3-2-4-8-17/h2-10,19H,11-16H2,1H3,(H2,23,24,25). The minimum atomic E-state index is 0.246. The predicted molar refractivity (Wildman–Crippen MR) is 106 cm³/mol. The first-order valence-electron chi connectivity index (χ1n) is 9.51. The largest absolute Gasteiger partial charge is 0.493 e. The molecule has 4 nitrogen and oxygen atoms in total. The molecule has 0 radical (unpaired) electrons. The highest BCUT2D eigenvalue weighted by molar-refractivity contribution is 5.80. The molecule has 1 unspecified atom stereocenters. The van der Waals surface area contributed by atoms with E-state index in [1.807, 2.05) is 19.2 Å². The first kappa shape index (κ1) is 17.0. The molecule has 1 heterocycles. The molecule has 2 aromatic rings. The van der Waals surface area contributed by atoms with Crippen LogP contribution in [0.1, 0.15) is 36.4 Å². The number of fused-ring (bicyclic) bond motifs is 1. The minimum absolute atomic E-state index is 0.246. The van der Waals surface area contributed by atoms with Gasteiger partial charge in [0.2, 0.25) is 0 Å². The zero-order valence-corrected chi connectivity index (χ0v) is 15.4. The van der Waals surface area contributed by atoms with Crippen LogP contribution in [0.3, 0.4) is 0 Å². The van der Waals surface area contributed by atoms with Crippen molar-refractivity contribution in [3.63, 3.8) is 0 Å². The maximum Gasteiger partial charge on any atom is 0.191 e. The molecule has 2 N–H and O–H groups in total. The van der Waals surface area contributed by atoms with Crippen molar-refractivity contribution in [3.05, 3.63) is 65.7 Å². The summed E-state index contributed by atoms with van der Waals surface area (Å²) in [5, 5.41) is 7.15. The molecule has 0 bridgehead atoms. The van der Waals surface area contributed by atoms with Crippen LogP contribution in [0.15, 0.2) is 59.6 Å². The lowest BCUT2D eigenvalue weighted by molar-refractivity contribution is 0.261. The summed E-state index contributed by atoms with van der Waals surface area (Å²) < 4.78 is 5.76. The van der Waals surface area contributed by atoms with Gasteiger partial charge < -0.3 is 15.4 Å². The topological polar surface area (TPSA) is 45.7 Å². The molecule has 0 saturated heterocycles. The number of rotatable bonds is 5. The summed E-state index contributed by atoms with van der Waals surface area (Å²) in [6.07, 6.45) is 4.66. The molecule has 0 aromatic heterocycles. The number of aliphatic imine (C=N–C) groups is 1. The van der Waals surface area contributed by atoms with Gasteiger partial charge in [0, 0.05) is 25.6 Å². The lowest BCUT2D eigenvalue weighted by Crippen LogP contribution is -2.43. The van der Waals surface area contributed by atoms with Gasteiger partial charge >= 0.3 is 0 Å². The number of benzene rings is 2. The third kappa shape index (κ3) is 3.85. The van der Waals surface area contributed by atoms with Gasteiger partial charge in [0.15, 0.2) is 5.96 Å². The van der Waals surface area contributed by atoms with Crippen molar-refractivity contribution in [2.45, 2.75) is 31.7 Å². The van der Waals surface area contributed by atoms with Crippen molar-refractivity contribution in [3.8, 4) is 5.75 Å². The summed E-state index contributed by atoms with van der Waals surface area (Å²) in [5.74, 6) is 1.86. The Morgan fingerprint density at radius 1 is 1.12 bits per heavy atom. The Morgan fingerprint density at radius 2 is 1.88 bits per heavy atom. The van der Waals surface area contributed by atoms with Gasteiger partial charge in [-0.2, -0.15) is 0 Å². The van der Waals surface area contributed by atoms with E-state index in [0.717, 1.165) is 37.7 Å². The Labute approximate surface area is 155 Å². The number of nitrogens with zero attached hydrogens (tertiary/aromatic N) is 1. The van der Waals surface area contributed by atoms with Gasteiger partial charge in [0.25, 0.3) is 0 Å². The molecule has 1 saturated carbocycles. The molecular weight excluding hydrogens is 322 g/mol. The van der Waals surface area contributed by atoms with Crippen molar-refractivity contribution in [2.24, 2.45) is 10.4 Å². The molecule has 1 aliphatic carbocycles. The van der Waals surface area contributed by atoms with Crippen LogP contribution in [0.5, 0.6) is 5.75 Å². The van der Waals surface area contributed by atoms with Crippen LogP contribution >= 0.6 is 0 Å². The molecule has 26 heavy (non-hydrogen) atoms. The van der Waals surface area contributed by atoms with Gasteiger partial charge in [-0.05, 0) is 36.3 Å². The predicted octanol–water partition coefficient (Wildman–Crippen LogP) is 3.70. The number of ether oxygens (including phenoxy) is 1. The number of nitrogens with one attached hydrogen (secondary N) is 2. The van der Waals surface area contributed by atoms with Crippen molar-refractivity contribution in [1.29, 1.82) is 0 Å². The minimum Gasteiger partial charge on any atom is -0.493 e. The molecule has 2 aromatic carbocycles. The summed E-state index contributed by atoms with van der Waals surface area (Å²) in [6.45, 7) is 1.70. The molecule has 2 aliphatic rings. The summed E-state index contributed by atoms with van der Waals surface area (Å²) >= 11 is 0. The van der Waals surface area contributed by atoms with E-state index in [1.54, 1.807) is 0 Å². The Bertz CT molecular complexity index is 768. The van der Waals surface area contributed by atoms with E-state index in [1.165, 1.54) is 24.0 Å². The van der Waals surface area contributed by atoms with Gasteiger partial charge in [-0.25, -0.2) is 0 Å². The quantitative estimate of drug-likeness (QED) is 0.639. The lowest BCUT2D eigenvalue weighted by Gasteiger charge is -2.28. The highest BCUT2D eigenvalue weighted by atomic mass is 16.5. The highest BCUT2D eigenvalue weighted by Crippen LogP contribution is 2.47. The first-order valence-corrected chi connectivity index (χ1v) is 9.51. The van der Waals surface area contributed by atoms with E-state index in [0.29, 0.717) is 5.41 Å². The molecule has 1 aliphatic heterocycles. The SMILES string of the molecule is CN=C(NCC1(Cc2ccccc2)CC1)NC1CCOc2ccccc21. The van der Waals surface area contributed by atoms with Crippen LogP contribution < -0.4 is 15.4 Å². The van der Waals surface area contributed by atoms with Crippen molar-refractivity contribution in [1.82, 2.24) is 10.6 Å². The van der Waals surface area contributed by atoms with E-state index in [-0.39, 0.29) is 6.04 Å². The summed E-state index contributed by atoms with van der Waals surface area (Å²) in [7, 11) is 1.84. The third-order valence-electron chi connectivity index (χ3n) is 5.50. The zero-order valence-electron chi connectivity index (χ0n) is 15.4. The fourth-order valence-electron chi connectivity index (χ4n) is 3.74. The van der Waals surface area contributed by atoms with Crippen LogP contribution in [0.25, 0.3) is 0 Å².